The predicted molar refractivity (Wildman–Crippen MR) is 67.7 cm³/mol. The van der Waals surface area contributed by atoms with E-state index < -0.39 is 0 Å². The number of hydrogen-bond acceptors (Lipinski definition) is 3. The highest BCUT2D eigenvalue weighted by Crippen LogP contribution is 2.32. The van der Waals surface area contributed by atoms with E-state index in [4.69, 9.17) is 0 Å². The van der Waals surface area contributed by atoms with E-state index in [0.717, 1.165) is 25.7 Å². The van der Waals surface area contributed by atoms with Gasteiger partial charge in [-0.2, -0.15) is 0 Å². The first kappa shape index (κ1) is 11.4. The van der Waals surface area contributed by atoms with Gasteiger partial charge in [-0.25, -0.2) is 0 Å². The molecule has 1 N–H and O–H groups in total. The van der Waals surface area contributed by atoms with Crippen molar-refractivity contribution in [3.63, 3.8) is 0 Å². The lowest BCUT2D eigenvalue weighted by atomic mass is 10.2. The van der Waals surface area contributed by atoms with Crippen molar-refractivity contribution in [3.8, 4) is 0 Å². The second-order valence-electron chi connectivity index (χ2n) is 4.30. The summed E-state index contributed by atoms with van der Waals surface area (Å²) in [4.78, 5) is 6.75. The summed E-state index contributed by atoms with van der Waals surface area (Å²) in [5.74, 6) is 0. The standard InChI is InChI=1S/C13H21N3/c1-3-14-9-11-7-8-15-10-13(11)16(4-2)12-5-6-12/h7-8,10,12,14H,3-6,9H2,1-2H3. The average Bonchev–Trinajstić information content (AvgIpc) is 3.13. The SMILES string of the molecule is CCNCc1ccncc1N(CC)C1CC1. The first-order chi connectivity index (χ1) is 7.86. The van der Waals surface area contributed by atoms with E-state index in [2.05, 4.69) is 35.1 Å². The molecule has 1 saturated carbocycles. The lowest BCUT2D eigenvalue weighted by molar-refractivity contribution is 0.717. The lowest BCUT2D eigenvalue weighted by Crippen LogP contribution is -2.27. The van der Waals surface area contributed by atoms with Crippen LogP contribution in [0.15, 0.2) is 18.5 Å². The predicted octanol–water partition coefficient (Wildman–Crippen LogP) is 2.18. The zero-order valence-electron chi connectivity index (χ0n) is 10.2. The van der Waals surface area contributed by atoms with Gasteiger partial charge >= 0.3 is 0 Å². The highest BCUT2D eigenvalue weighted by Gasteiger charge is 2.29. The van der Waals surface area contributed by atoms with E-state index in [-0.39, 0.29) is 0 Å². The third-order valence-electron chi connectivity index (χ3n) is 3.09. The van der Waals surface area contributed by atoms with Crippen molar-refractivity contribution in [1.82, 2.24) is 10.3 Å². The van der Waals surface area contributed by atoms with E-state index in [0.29, 0.717) is 0 Å². The van der Waals surface area contributed by atoms with Crippen LogP contribution in [0.5, 0.6) is 0 Å². The van der Waals surface area contributed by atoms with Crippen molar-refractivity contribution in [1.29, 1.82) is 0 Å². The molecular formula is C13H21N3. The summed E-state index contributed by atoms with van der Waals surface area (Å²) in [5, 5.41) is 3.39. The second kappa shape index (κ2) is 5.30. The van der Waals surface area contributed by atoms with Crippen LogP contribution in [0.3, 0.4) is 0 Å². The fourth-order valence-electron chi connectivity index (χ4n) is 2.09. The normalized spacial score (nSPS) is 15.1. The van der Waals surface area contributed by atoms with Crippen molar-refractivity contribution in [3.05, 3.63) is 24.0 Å². The van der Waals surface area contributed by atoms with Gasteiger partial charge in [0, 0.05) is 25.3 Å². The highest BCUT2D eigenvalue weighted by molar-refractivity contribution is 5.53. The molecule has 1 aliphatic carbocycles. The van der Waals surface area contributed by atoms with Gasteiger partial charge in [0.15, 0.2) is 0 Å². The maximum Gasteiger partial charge on any atom is 0.0600 e. The molecule has 0 aromatic carbocycles. The number of nitrogens with zero attached hydrogens (tertiary/aromatic N) is 2. The Hall–Kier alpha value is -1.09. The van der Waals surface area contributed by atoms with Gasteiger partial charge < -0.3 is 10.2 Å². The molecule has 0 amide bonds. The van der Waals surface area contributed by atoms with Crippen molar-refractivity contribution < 1.29 is 0 Å². The van der Waals surface area contributed by atoms with Crippen molar-refractivity contribution in [2.45, 2.75) is 39.3 Å². The molecule has 1 aliphatic rings. The fraction of sp³-hybridized carbons (Fsp3) is 0.615. The van der Waals surface area contributed by atoms with Gasteiger partial charge in [0.2, 0.25) is 0 Å². The molecule has 2 rings (SSSR count). The van der Waals surface area contributed by atoms with E-state index >= 15 is 0 Å². The molecule has 0 spiro atoms. The summed E-state index contributed by atoms with van der Waals surface area (Å²) in [7, 11) is 0. The third-order valence-corrected chi connectivity index (χ3v) is 3.09. The van der Waals surface area contributed by atoms with Gasteiger partial charge in [-0.3, -0.25) is 4.98 Å². The van der Waals surface area contributed by atoms with E-state index in [1.807, 2.05) is 12.4 Å². The van der Waals surface area contributed by atoms with Crippen LogP contribution in [0.4, 0.5) is 5.69 Å². The van der Waals surface area contributed by atoms with Crippen molar-refractivity contribution in [2.75, 3.05) is 18.0 Å². The number of rotatable bonds is 6. The maximum absolute atomic E-state index is 4.26. The molecule has 1 heterocycles. The summed E-state index contributed by atoms with van der Waals surface area (Å²) in [6.07, 6.45) is 6.57. The Balaban J connectivity index is 2.16. The van der Waals surface area contributed by atoms with E-state index in [9.17, 15) is 0 Å². The largest absolute Gasteiger partial charge is 0.367 e. The maximum atomic E-state index is 4.26. The molecule has 1 aromatic heterocycles. The summed E-state index contributed by atoms with van der Waals surface area (Å²) < 4.78 is 0. The molecule has 0 radical (unpaired) electrons. The van der Waals surface area contributed by atoms with Crippen LogP contribution in [-0.4, -0.2) is 24.1 Å². The topological polar surface area (TPSA) is 28.2 Å². The number of anilines is 1. The smallest absolute Gasteiger partial charge is 0.0600 e. The summed E-state index contributed by atoms with van der Waals surface area (Å²) in [5.41, 5.74) is 2.68. The van der Waals surface area contributed by atoms with Crippen LogP contribution in [0.2, 0.25) is 0 Å². The van der Waals surface area contributed by atoms with Crippen LogP contribution < -0.4 is 10.2 Å². The van der Waals surface area contributed by atoms with Crippen molar-refractivity contribution >= 4 is 5.69 Å². The minimum atomic E-state index is 0.759. The number of aromatic nitrogens is 1. The number of pyridine rings is 1. The summed E-state index contributed by atoms with van der Waals surface area (Å²) >= 11 is 0. The summed E-state index contributed by atoms with van der Waals surface area (Å²) in [6, 6.07) is 2.89. The molecule has 3 nitrogen and oxygen atoms in total. The Morgan fingerprint density at radius 3 is 2.88 bits per heavy atom. The van der Waals surface area contributed by atoms with E-state index in [1.54, 1.807) is 0 Å². The Bertz CT molecular complexity index is 334. The fourth-order valence-corrected chi connectivity index (χ4v) is 2.09. The lowest BCUT2D eigenvalue weighted by Gasteiger charge is -2.25. The molecule has 88 valence electrons. The van der Waals surface area contributed by atoms with E-state index in [1.165, 1.54) is 24.1 Å². The molecule has 16 heavy (non-hydrogen) atoms. The van der Waals surface area contributed by atoms with Crippen LogP contribution in [0.25, 0.3) is 0 Å². The van der Waals surface area contributed by atoms with Gasteiger partial charge in [-0.1, -0.05) is 6.92 Å². The summed E-state index contributed by atoms with van der Waals surface area (Å²) in [6.45, 7) is 7.39. The minimum Gasteiger partial charge on any atom is -0.367 e. The Kier molecular flexibility index (Phi) is 3.78. The highest BCUT2D eigenvalue weighted by atomic mass is 15.2. The molecule has 1 aromatic rings. The van der Waals surface area contributed by atoms with Gasteiger partial charge in [0.1, 0.15) is 0 Å². The van der Waals surface area contributed by atoms with Crippen LogP contribution in [0.1, 0.15) is 32.3 Å². The molecule has 0 bridgehead atoms. The molecule has 0 saturated heterocycles. The minimum absolute atomic E-state index is 0.759. The molecule has 0 unspecified atom stereocenters. The first-order valence-corrected chi connectivity index (χ1v) is 6.27. The molecular weight excluding hydrogens is 198 g/mol. The zero-order chi connectivity index (χ0) is 11.4. The van der Waals surface area contributed by atoms with Gasteiger partial charge in [0.25, 0.3) is 0 Å². The third kappa shape index (κ3) is 2.53. The number of hydrogen-bond donors (Lipinski definition) is 1. The Morgan fingerprint density at radius 1 is 1.44 bits per heavy atom. The Labute approximate surface area is 97.9 Å². The zero-order valence-corrected chi connectivity index (χ0v) is 10.2. The second-order valence-corrected chi connectivity index (χ2v) is 4.30. The number of nitrogens with one attached hydrogen (secondary N) is 1. The molecule has 0 atom stereocenters. The molecule has 0 aliphatic heterocycles. The molecule has 3 heteroatoms. The average molecular weight is 219 g/mol. The van der Waals surface area contributed by atoms with Gasteiger partial charge in [-0.05, 0) is 37.9 Å². The van der Waals surface area contributed by atoms with Crippen LogP contribution in [0, 0.1) is 0 Å². The molecule has 1 fully saturated rings. The van der Waals surface area contributed by atoms with Crippen LogP contribution >= 0.6 is 0 Å². The monoisotopic (exact) mass is 219 g/mol. The van der Waals surface area contributed by atoms with Gasteiger partial charge in [-0.15, -0.1) is 0 Å². The van der Waals surface area contributed by atoms with Crippen LogP contribution in [-0.2, 0) is 6.54 Å². The Morgan fingerprint density at radius 2 is 2.25 bits per heavy atom. The first-order valence-electron chi connectivity index (χ1n) is 6.27. The quantitative estimate of drug-likeness (QED) is 0.795. The van der Waals surface area contributed by atoms with Gasteiger partial charge in [0.05, 0.1) is 11.9 Å². The van der Waals surface area contributed by atoms with Crippen molar-refractivity contribution in [2.24, 2.45) is 0 Å².